The van der Waals surface area contributed by atoms with Crippen LogP contribution in [0.25, 0.3) is 0 Å². The summed E-state index contributed by atoms with van der Waals surface area (Å²) in [5.74, 6) is 0.943. The molecule has 1 aromatic carbocycles. The van der Waals surface area contributed by atoms with Crippen molar-refractivity contribution in [3.8, 4) is 0 Å². The Morgan fingerprint density at radius 2 is 1.91 bits per heavy atom. The second kappa shape index (κ2) is 11.0. The normalized spacial score (nSPS) is 17.9. The first-order valence-corrected chi connectivity index (χ1v) is 10.8. The van der Waals surface area contributed by atoms with Gasteiger partial charge in [-0.05, 0) is 37.6 Å². The van der Waals surface area contributed by atoms with Crippen LogP contribution in [0.2, 0.25) is 5.02 Å². The van der Waals surface area contributed by atoms with Crippen molar-refractivity contribution >= 4 is 59.2 Å². The number of nitrogens with one attached hydrogen (secondary N) is 2. The maximum atomic E-state index is 12.5. The number of halogens is 2. The van der Waals surface area contributed by atoms with Gasteiger partial charge in [0.1, 0.15) is 5.82 Å². The molecule has 4 rings (SSSR count). The van der Waals surface area contributed by atoms with Crippen LogP contribution in [0.15, 0.2) is 47.6 Å². The van der Waals surface area contributed by atoms with Crippen molar-refractivity contribution in [1.29, 1.82) is 0 Å². The Labute approximate surface area is 209 Å². The van der Waals surface area contributed by atoms with E-state index in [0.29, 0.717) is 35.2 Å². The summed E-state index contributed by atoms with van der Waals surface area (Å²) in [7, 11) is 0. The molecule has 2 aromatic rings. The first-order chi connectivity index (χ1) is 15.1. The number of fused-ring (bicyclic) bond motifs is 1. The van der Waals surface area contributed by atoms with Gasteiger partial charge in [-0.3, -0.25) is 19.5 Å². The van der Waals surface area contributed by atoms with Crippen molar-refractivity contribution in [2.75, 3.05) is 37.6 Å². The molecule has 170 valence electrons. The SMILES string of the molecule is CCNC(=NCCN1C(=O)c2ccccc2C1=O)NC1CCN(c2ncccc2Cl)C1.I. The number of nitrogens with zero attached hydrogens (tertiary/aromatic N) is 4. The maximum absolute atomic E-state index is 12.5. The van der Waals surface area contributed by atoms with E-state index in [2.05, 4.69) is 25.5 Å². The van der Waals surface area contributed by atoms with Crippen molar-refractivity contribution in [2.45, 2.75) is 19.4 Å². The number of guanidine groups is 1. The Balaban J connectivity index is 0.00000289. The highest BCUT2D eigenvalue weighted by Crippen LogP contribution is 2.26. The lowest BCUT2D eigenvalue weighted by molar-refractivity contribution is 0.0659. The van der Waals surface area contributed by atoms with Gasteiger partial charge in [-0.25, -0.2) is 4.98 Å². The Bertz CT molecular complexity index is 982. The number of aromatic nitrogens is 1. The average Bonchev–Trinajstić information content (AvgIpc) is 3.33. The molecule has 0 bridgehead atoms. The molecule has 1 aromatic heterocycles. The summed E-state index contributed by atoms with van der Waals surface area (Å²) in [6.07, 6.45) is 2.67. The fraction of sp³-hybridized carbons (Fsp3) is 0.364. The number of hydrogen-bond donors (Lipinski definition) is 2. The topological polar surface area (TPSA) is 89.9 Å². The highest BCUT2D eigenvalue weighted by atomic mass is 127. The van der Waals surface area contributed by atoms with Gasteiger partial charge in [-0.2, -0.15) is 0 Å². The summed E-state index contributed by atoms with van der Waals surface area (Å²) in [5.41, 5.74) is 0.918. The maximum Gasteiger partial charge on any atom is 0.261 e. The van der Waals surface area contributed by atoms with Crippen molar-refractivity contribution in [3.05, 3.63) is 58.7 Å². The molecule has 2 amide bonds. The minimum atomic E-state index is -0.257. The van der Waals surface area contributed by atoms with Gasteiger partial charge in [-0.15, -0.1) is 24.0 Å². The van der Waals surface area contributed by atoms with Crippen molar-refractivity contribution < 1.29 is 9.59 Å². The lowest BCUT2D eigenvalue weighted by Gasteiger charge is -2.20. The largest absolute Gasteiger partial charge is 0.357 e. The van der Waals surface area contributed by atoms with E-state index >= 15 is 0 Å². The van der Waals surface area contributed by atoms with E-state index in [1.54, 1.807) is 30.5 Å². The molecule has 3 heterocycles. The van der Waals surface area contributed by atoms with Crippen LogP contribution in [0.3, 0.4) is 0 Å². The highest BCUT2D eigenvalue weighted by Gasteiger charge is 2.34. The lowest BCUT2D eigenvalue weighted by atomic mass is 10.1. The standard InChI is InChI=1S/C22H25ClN6O2.HI/c1-2-24-22(27-15-9-12-28(14-15)19-18(23)8-5-10-25-19)26-11-13-29-20(30)16-6-3-4-7-17(16)21(29)31;/h3-8,10,15H,2,9,11-14H2,1H3,(H2,24,26,27);1H. The molecule has 0 aliphatic carbocycles. The first kappa shape index (κ1) is 24.2. The van der Waals surface area contributed by atoms with Gasteiger partial charge in [0.05, 0.1) is 22.7 Å². The van der Waals surface area contributed by atoms with E-state index in [-0.39, 0.29) is 48.4 Å². The number of anilines is 1. The number of hydrogen-bond acceptors (Lipinski definition) is 5. The zero-order chi connectivity index (χ0) is 21.8. The third-order valence-corrected chi connectivity index (χ3v) is 5.68. The van der Waals surface area contributed by atoms with Gasteiger partial charge in [0.15, 0.2) is 5.96 Å². The molecule has 2 N–H and O–H groups in total. The molecular weight excluding hydrogens is 543 g/mol. The fourth-order valence-corrected chi connectivity index (χ4v) is 4.14. The Hall–Kier alpha value is -2.40. The highest BCUT2D eigenvalue weighted by molar-refractivity contribution is 14.0. The van der Waals surface area contributed by atoms with Crippen molar-refractivity contribution in [2.24, 2.45) is 4.99 Å². The van der Waals surface area contributed by atoms with Gasteiger partial charge in [0.25, 0.3) is 11.8 Å². The molecule has 2 aliphatic rings. The van der Waals surface area contributed by atoms with Crippen LogP contribution in [-0.2, 0) is 0 Å². The van der Waals surface area contributed by atoms with E-state index < -0.39 is 0 Å². The molecule has 32 heavy (non-hydrogen) atoms. The summed E-state index contributed by atoms with van der Waals surface area (Å²) < 4.78 is 0. The van der Waals surface area contributed by atoms with Gasteiger partial charge in [0, 0.05) is 38.4 Å². The summed E-state index contributed by atoms with van der Waals surface area (Å²) in [4.78, 5) is 37.4. The quantitative estimate of drug-likeness (QED) is 0.241. The summed E-state index contributed by atoms with van der Waals surface area (Å²) >= 11 is 6.27. The Morgan fingerprint density at radius 1 is 1.19 bits per heavy atom. The number of imide groups is 1. The molecule has 0 saturated carbocycles. The van der Waals surface area contributed by atoms with E-state index in [1.807, 2.05) is 19.1 Å². The second-order valence-corrected chi connectivity index (χ2v) is 7.86. The van der Waals surface area contributed by atoms with Gasteiger partial charge in [-0.1, -0.05) is 23.7 Å². The fourth-order valence-electron chi connectivity index (χ4n) is 3.90. The van der Waals surface area contributed by atoms with Gasteiger partial charge < -0.3 is 15.5 Å². The molecule has 2 aliphatic heterocycles. The molecule has 1 atom stereocenters. The molecule has 0 spiro atoms. The molecule has 1 saturated heterocycles. The van der Waals surface area contributed by atoms with E-state index in [4.69, 9.17) is 11.6 Å². The molecule has 10 heteroatoms. The minimum Gasteiger partial charge on any atom is -0.357 e. The zero-order valence-electron chi connectivity index (χ0n) is 17.8. The second-order valence-electron chi connectivity index (χ2n) is 7.45. The number of rotatable bonds is 6. The zero-order valence-corrected chi connectivity index (χ0v) is 20.8. The number of benzene rings is 1. The Morgan fingerprint density at radius 3 is 2.56 bits per heavy atom. The smallest absolute Gasteiger partial charge is 0.261 e. The van der Waals surface area contributed by atoms with Crippen LogP contribution >= 0.6 is 35.6 Å². The van der Waals surface area contributed by atoms with Gasteiger partial charge in [0.2, 0.25) is 0 Å². The summed E-state index contributed by atoms with van der Waals surface area (Å²) in [5, 5.41) is 7.31. The van der Waals surface area contributed by atoms with Crippen LogP contribution in [-0.4, -0.2) is 66.4 Å². The number of pyridine rings is 1. The van der Waals surface area contributed by atoms with Crippen LogP contribution < -0.4 is 15.5 Å². The third-order valence-electron chi connectivity index (χ3n) is 5.38. The Kier molecular flexibility index (Phi) is 8.30. The van der Waals surface area contributed by atoms with E-state index in [9.17, 15) is 9.59 Å². The lowest BCUT2D eigenvalue weighted by Crippen LogP contribution is -2.45. The predicted octanol–water partition coefficient (Wildman–Crippen LogP) is 2.78. The van der Waals surface area contributed by atoms with Crippen molar-refractivity contribution in [1.82, 2.24) is 20.5 Å². The molecule has 8 nitrogen and oxygen atoms in total. The van der Waals surface area contributed by atoms with E-state index in [0.717, 1.165) is 25.3 Å². The number of amides is 2. The molecule has 0 radical (unpaired) electrons. The van der Waals surface area contributed by atoms with Crippen molar-refractivity contribution in [3.63, 3.8) is 0 Å². The first-order valence-electron chi connectivity index (χ1n) is 10.4. The number of carbonyl (C=O) groups is 2. The average molecular weight is 569 g/mol. The van der Waals surface area contributed by atoms with Gasteiger partial charge >= 0.3 is 0 Å². The number of carbonyl (C=O) groups excluding carboxylic acids is 2. The summed E-state index contributed by atoms with van der Waals surface area (Å²) in [6.45, 7) is 4.88. The third kappa shape index (κ3) is 5.15. The van der Waals surface area contributed by atoms with E-state index in [1.165, 1.54) is 4.90 Å². The minimum absolute atomic E-state index is 0. The van der Waals surface area contributed by atoms with Crippen LogP contribution in [0.1, 0.15) is 34.1 Å². The number of aliphatic imine (C=N–C) groups is 1. The van der Waals surface area contributed by atoms with Crippen LogP contribution in [0, 0.1) is 0 Å². The molecule has 1 fully saturated rings. The predicted molar refractivity (Wildman–Crippen MR) is 136 cm³/mol. The summed E-state index contributed by atoms with van der Waals surface area (Å²) in [6, 6.07) is 10.8. The molecule has 1 unspecified atom stereocenters. The molecular formula is C22H26ClIN6O2. The van der Waals surface area contributed by atoms with Crippen LogP contribution in [0.5, 0.6) is 0 Å². The van der Waals surface area contributed by atoms with Crippen LogP contribution in [0.4, 0.5) is 5.82 Å². The monoisotopic (exact) mass is 568 g/mol.